The number of halogens is 3. The van der Waals surface area contributed by atoms with Gasteiger partial charge in [-0.25, -0.2) is 18.2 Å². The molecule has 0 saturated carbocycles. The summed E-state index contributed by atoms with van der Waals surface area (Å²) in [6.07, 6.45) is 1.24. The Kier molecular flexibility index (Phi) is 7.51. The first-order valence-electron chi connectivity index (χ1n) is 12.5. The van der Waals surface area contributed by atoms with Crippen LogP contribution in [0.3, 0.4) is 0 Å². The first-order chi connectivity index (χ1) is 19.0. The molecule has 1 aromatic heterocycles. The van der Waals surface area contributed by atoms with E-state index in [1.807, 2.05) is 0 Å². The van der Waals surface area contributed by atoms with E-state index >= 15 is 8.78 Å². The highest BCUT2D eigenvalue weighted by molar-refractivity contribution is 7.89. The molecule has 40 heavy (non-hydrogen) atoms. The van der Waals surface area contributed by atoms with E-state index in [0.717, 1.165) is 36.8 Å². The normalized spacial score (nSPS) is 16.9. The van der Waals surface area contributed by atoms with Gasteiger partial charge in [0.15, 0.2) is 0 Å². The van der Waals surface area contributed by atoms with E-state index in [-0.39, 0.29) is 53.5 Å². The lowest BCUT2D eigenvalue weighted by molar-refractivity contribution is -0.117. The summed E-state index contributed by atoms with van der Waals surface area (Å²) in [5.74, 6) is -4.50. The number of nitrogens with zero attached hydrogens (tertiary/aromatic N) is 4. The SMILES string of the molecule is O=C(O)c1ccc(C(F)(F)c2cc(Cl)nc(N3CCN(S(=O)(=O)c4ccc(N5CCCC5=O)cc4)CC3)c2)cc1. The molecule has 3 aromatic rings. The van der Waals surface area contributed by atoms with Crippen molar-refractivity contribution in [1.82, 2.24) is 9.29 Å². The lowest BCUT2D eigenvalue weighted by Crippen LogP contribution is -2.49. The lowest BCUT2D eigenvalue weighted by atomic mass is 10.00. The van der Waals surface area contributed by atoms with Crippen molar-refractivity contribution in [2.24, 2.45) is 0 Å². The lowest BCUT2D eigenvalue weighted by Gasteiger charge is -2.35. The molecule has 1 N–H and O–H groups in total. The van der Waals surface area contributed by atoms with Crippen LogP contribution in [0, 0.1) is 0 Å². The molecule has 13 heteroatoms. The van der Waals surface area contributed by atoms with Gasteiger partial charge in [-0.3, -0.25) is 4.79 Å². The summed E-state index contributed by atoms with van der Waals surface area (Å²) in [5.41, 5.74) is -0.277. The number of amides is 1. The van der Waals surface area contributed by atoms with Crippen LogP contribution in [0.25, 0.3) is 0 Å². The van der Waals surface area contributed by atoms with E-state index in [4.69, 9.17) is 16.7 Å². The molecule has 5 rings (SSSR count). The minimum absolute atomic E-state index is 0.0124. The molecule has 2 fully saturated rings. The summed E-state index contributed by atoms with van der Waals surface area (Å²) < 4.78 is 58.5. The minimum atomic E-state index is -3.81. The van der Waals surface area contributed by atoms with Gasteiger partial charge in [-0.05, 0) is 55.0 Å². The number of piperazine rings is 1. The summed E-state index contributed by atoms with van der Waals surface area (Å²) in [7, 11) is -3.81. The number of carbonyl (C=O) groups excluding carboxylic acids is 1. The van der Waals surface area contributed by atoms with E-state index in [9.17, 15) is 18.0 Å². The predicted octanol–water partition coefficient (Wildman–Crippen LogP) is 4.21. The standard InChI is InChI=1S/C27H25ClF2N4O5S/c28-23-16-20(27(29,30)19-5-3-18(4-6-19)26(36)37)17-24(31-23)32-12-14-33(15-13-32)40(38,39)22-9-7-21(8-10-22)34-11-1-2-25(34)35/h3-10,16-17H,1-2,11-15H2,(H,36,37). The highest BCUT2D eigenvalue weighted by Crippen LogP contribution is 2.38. The highest BCUT2D eigenvalue weighted by Gasteiger charge is 2.36. The van der Waals surface area contributed by atoms with Gasteiger partial charge in [0, 0.05) is 56.0 Å². The van der Waals surface area contributed by atoms with Crippen LogP contribution in [-0.2, 0) is 20.7 Å². The molecular weight excluding hydrogens is 566 g/mol. The summed E-state index contributed by atoms with van der Waals surface area (Å²) in [6, 6.07) is 12.8. The number of benzene rings is 2. The van der Waals surface area contributed by atoms with Crippen molar-refractivity contribution >= 4 is 45.0 Å². The van der Waals surface area contributed by atoms with Crippen LogP contribution < -0.4 is 9.80 Å². The Labute approximate surface area is 234 Å². The number of carboxylic acid groups (broad SMARTS) is 1. The first kappa shape index (κ1) is 27.9. The molecule has 0 unspecified atom stereocenters. The number of carbonyl (C=O) groups is 2. The van der Waals surface area contributed by atoms with Crippen LogP contribution in [0.4, 0.5) is 20.3 Å². The zero-order chi connectivity index (χ0) is 28.7. The van der Waals surface area contributed by atoms with E-state index < -0.39 is 33.0 Å². The Hall–Kier alpha value is -3.61. The number of alkyl halides is 2. The van der Waals surface area contributed by atoms with Crippen LogP contribution in [-0.4, -0.2) is 67.4 Å². The summed E-state index contributed by atoms with van der Waals surface area (Å²) in [5, 5.41) is 8.88. The number of carboxylic acids is 1. The van der Waals surface area contributed by atoms with Crippen LogP contribution in [0.15, 0.2) is 65.6 Å². The Morgan fingerprint density at radius 1 is 0.925 bits per heavy atom. The molecule has 3 heterocycles. The van der Waals surface area contributed by atoms with Gasteiger partial charge >= 0.3 is 5.97 Å². The molecule has 210 valence electrons. The van der Waals surface area contributed by atoms with Crippen LogP contribution in [0.5, 0.6) is 0 Å². The number of rotatable bonds is 7. The average molecular weight is 591 g/mol. The van der Waals surface area contributed by atoms with Crippen molar-refractivity contribution in [3.05, 3.63) is 82.5 Å². The fraction of sp³-hybridized carbons (Fsp3) is 0.296. The largest absolute Gasteiger partial charge is 0.478 e. The molecule has 0 aliphatic carbocycles. The molecule has 2 aliphatic rings. The van der Waals surface area contributed by atoms with E-state index in [0.29, 0.717) is 18.7 Å². The summed E-state index contributed by atoms with van der Waals surface area (Å²) >= 11 is 6.10. The quantitative estimate of drug-likeness (QED) is 0.410. The van der Waals surface area contributed by atoms with E-state index in [1.165, 1.54) is 22.5 Å². The first-order valence-corrected chi connectivity index (χ1v) is 14.3. The van der Waals surface area contributed by atoms with Crippen LogP contribution in [0.1, 0.15) is 34.3 Å². The number of anilines is 2. The fourth-order valence-corrected chi connectivity index (χ4v) is 6.47. The van der Waals surface area contributed by atoms with Crippen molar-refractivity contribution in [2.75, 3.05) is 42.5 Å². The van der Waals surface area contributed by atoms with Crippen LogP contribution >= 0.6 is 11.6 Å². The number of pyridine rings is 1. The molecule has 0 radical (unpaired) electrons. The summed E-state index contributed by atoms with van der Waals surface area (Å²) in [6.45, 7) is 1.21. The fourth-order valence-electron chi connectivity index (χ4n) is 4.84. The van der Waals surface area contributed by atoms with Gasteiger partial charge in [0.25, 0.3) is 5.92 Å². The van der Waals surface area contributed by atoms with E-state index in [1.54, 1.807) is 21.9 Å². The Morgan fingerprint density at radius 2 is 1.57 bits per heavy atom. The molecular formula is C27H25ClF2N4O5S. The predicted molar refractivity (Wildman–Crippen MR) is 145 cm³/mol. The maximum Gasteiger partial charge on any atom is 0.335 e. The van der Waals surface area contributed by atoms with Gasteiger partial charge in [0.05, 0.1) is 10.5 Å². The number of aromatic carboxylic acids is 1. The maximum atomic E-state index is 15.3. The number of hydrogen-bond donors (Lipinski definition) is 1. The Balaban J connectivity index is 1.29. The molecule has 9 nitrogen and oxygen atoms in total. The topological polar surface area (TPSA) is 111 Å². The van der Waals surface area contributed by atoms with Gasteiger partial charge < -0.3 is 14.9 Å². The second-order valence-corrected chi connectivity index (χ2v) is 11.9. The highest BCUT2D eigenvalue weighted by atomic mass is 35.5. The van der Waals surface area contributed by atoms with Crippen molar-refractivity contribution in [1.29, 1.82) is 0 Å². The van der Waals surface area contributed by atoms with Crippen molar-refractivity contribution in [3.8, 4) is 0 Å². The van der Waals surface area contributed by atoms with Crippen molar-refractivity contribution in [2.45, 2.75) is 23.7 Å². The second kappa shape index (κ2) is 10.8. The maximum absolute atomic E-state index is 15.3. The molecule has 2 aromatic carbocycles. The Morgan fingerprint density at radius 3 is 2.15 bits per heavy atom. The summed E-state index contributed by atoms with van der Waals surface area (Å²) in [4.78, 5) is 30.6. The van der Waals surface area contributed by atoms with Crippen LogP contribution in [0.2, 0.25) is 5.15 Å². The molecule has 1 amide bonds. The zero-order valence-corrected chi connectivity index (χ0v) is 22.7. The molecule has 2 saturated heterocycles. The molecule has 0 atom stereocenters. The van der Waals surface area contributed by atoms with Crippen molar-refractivity contribution < 1.29 is 31.9 Å². The average Bonchev–Trinajstić information content (AvgIpc) is 3.38. The van der Waals surface area contributed by atoms with Gasteiger partial charge in [-0.15, -0.1) is 0 Å². The number of hydrogen-bond acceptors (Lipinski definition) is 6. The second-order valence-electron chi connectivity index (χ2n) is 9.53. The number of aromatic nitrogens is 1. The van der Waals surface area contributed by atoms with Gasteiger partial charge in [-0.2, -0.15) is 13.1 Å². The number of sulfonamides is 1. The Bertz CT molecular complexity index is 1540. The molecule has 2 aliphatic heterocycles. The third-order valence-corrected chi connectivity index (χ3v) is 9.17. The third kappa shape index (κ3) is 5.38. The zero-order valence-electron chi connectivity index (χ0n) is 21.1. The van der Waals surface area contributed by atoms with Crippen molar-refractivity contribution in [3.63, 3.8) is 0 Å². The monoisotopic (exact) mass is 590 g/mol. The van der Waals surface area contributed by atoms with E-state index in [2.05, 4.69) is 4.98 Å². The smallest absolute Gasteiger partial charge is 0.335 e. The third-order valence-electron chi connectivity index (χ3n) is 7.06. The molecule has 0 spiro atoms. The molecule has 0 bridgehead atoms. The minimum Gasteiger partial charge on any atom is -0.478 e. The van der Waals surface area contributed by atoms with Gasteiger partial charge in [-0.1, -0.05) is 23.7 Å². The van der Waals surface area contributed by atoms with Gasteiger partial charge in [0.2, 0.25) is 15.9 Å². The van der Waals surface area contributed by atoms with Gasteiger partial charge in [0.1, 0.15) is 11.0 Å².